The monoisotopic (exact) mass is 453 g/mol. The van der Waals surface area contributed by atoms with Gasteiger partial charge in [-0.1, -0.05) is 23.7 Å². The van der Waals surface area contributed by atoms with Crippen molar-refractivity contribution in [3.8, 4) is 0 Å². The molecule has 23 heavy (non-hydrogen) atoms. The lowest BCUT2D eigenvalue weighted by molar-refractivity contribution is 0.0782. The van der Waals surface area contributed by atoms with Crippen LogP contribution >= 0.6 is 35.6 Å². The molecule has 1 aromatic rings. The number of nitrogens with zero attached hydrogens (tertiary/aromatic N) is 1. The smallest absolute Gasteiger partial charge is 0.191 e. The molecule has 132 valence electrons. The van der Waals surface area contributed by atoms with Crippen LogP contribution in [0.5, 0.6) is 0 Å². The molecular formula is C17H29ClIN3O. The van der Waals surface area contributed by atoms with Crippen LogP contribution in [0.4, 0.5) is 0 Å². The summed E-state index contributed by atoms with van der Waals surface area (Å²) in [6.07, 6.45) is 2.17. The Morgan fingerprint density at radius 1 is 1.22 bits per heavy atom. The molecule has 0 heterocycles. The summed E-state index contributed by atoms with van der Waals surface area (Å²) in [6.45, 7) is 9.38. The summed E-state index contributed by atoms with van der Waals surface area (Å²) in [5.41, 5.74) is 1.26. The highest BCUT2D eigenvalue weighted by Gasteiger charge is 1.98. The normalized spacial score (nSPS) is 11.3. The van der Waals surface area contributed by atoms with E-state index in [2.05, 4.69) is 34.7 Å². The van der Waals surface area contributed by atoms with Crippen molar-refractivity contribution in [3.63, 3.8) is 0 Å². The fourth-order valence-electron chi connectivity index (χ4n) is 1.89. The highest BCUT2D eigenvalue weighted by atomic mass is 127. The van der Waals surface area contributed by atoms with E-state index in [1.54, 1.807) is 0 Å². The van der Waals surface area contributed by atoms with E-state index < -0.39 is 0 Å². The SMILES string of the molecule is CCNC(=NCCCOC(C)C)NCCc1ccc(Cl)cc1.I. The minimum absolute atomic E-state index is 0. The average molecular weight is 454 g/mol. The van der Waals surface area contributed by atoms with Crippen LogP contribution in [-0.2, 0) is 11.2 Å². The first-order valence-electron chi connectivity index (χ1n) is 8.00. The maximum atomic E-state index is 5.88. The van der Waals surface area contributed by atoms with Gasteiger partial charge in [0.05, 0.1) is 6.10 Å². The van der Waals surface area contributed by atoms with Crippen molar-refractivity contribution in [2.24, 2.45) is 4.99 Å². The number of aliphatic imine (C=N–C) groups is 1. The van der Waals surface area contributed by atoms with Crippen molar-refractivity contribution in [3.05, 3.63) is 34.9 Å². The molecule has 6 heteroatoms. The quantitative estimate of drug-likeness (QED) is 0.258. The van der Waals surface area contributed by atoms with Gasteiger partial charge in [0.25, 0.3) is 0 Å². The highest BCUT2D eigenvalue weighted by Crippen LogP contribution is 2.09. The van der Waals surface area contributed by atoms with Crippen LogP contribution < -0.4 is 10.6 Å². The molecule has 0 unspecified atom stereocenters. The van der Waals surface area contributed by atoms with E-state index in [0.29, 0.717) is 0 Å². The molecule has 0 atom stereocenters. The summed E-state index contributed by atoms with van der Waals surface area (Å²) in [5.74, 6) is 0.862. The molecule has 1 rings (SSSR count). The molecule has 0 aliphatic rings. The number of guanidine groups is 1. The summed E-state index contributed by atoms with van der Waals surface area (Å²) < 4.78 is 5.51. The minimum atomic E-state index is 0. The molecule has 4 nitrogen and oxygen atoms in total. The molecule has 2 N–H and O–H groups in total. The van der Waals surface area contributed by atoms with Crippen molar-refractivity contribution in [2.75, 3.05) is 26.2 Å². The molecule has 0 bridgehead atoms. The van der Waals surface area contributed by atoms with Crippen LogP contribution in [0.15, 0.2) is 29.3 Å². The lowest BCUT2D eigenvalue weighted by Crippen LogP contribution is -2.38. The lowest BCUT2D eigenvalue weighted by Gasteiger charge is -2.11. The van der Waals surface area contributed by atoms with Gasteiger partial charge in [-0.05, 0) is 51.3 Å². The third kappa shape index (κ3) is 11.6. The molecular weight excluding hydrogens is 425 g/mol. The maximum Gasteiger partial charge on any atom is 0.191 e. The number of benzene rings is 1. The third-order valence-electron chi connectivity index (χ3n) is 2.99. The lowest BCUT2D eigenvalue weighted by atomic mass is 10.1. The Bertz CT molecular complexity index is 438. The fourth-order valence-corrected chi connectivity index (χ4v) is 2.02. The van der Waals surface area contributed by atoms with E-state index in [9.17, 15) is 0 Å². The zero-order valence-electron chi connectivity index (χ0n) is 14.3. The average Bonchev–Trinajstić information content (AvgIpc) is 2.48. The number of hydrogen-bond donors (Lipinski definition) is 2. The van der Waals surface area contributed by atoms with E-state index in [0.717, 1.165) is 50.1 Å². The van der Waals surface area contributed by atoms with Gasteiger partial charge < -0.3 is 15.4 Å². The Balaban J connectivity index is 0.00000484. The maximum absolute atomic E-state index is 5.88. The van der Waals surface area contributed by atoms with Crippen molar-refractivity contribution >= 4 is 41.5 Å². The summed E-state index contributed by atoms with van der Waals surface area (Å²) in [4.78, 5) is 4.55. The fraction of sp³-hybridized carbons (Fsp3) is 0.588. The third-order valence-corrected chi connectivity index (χ3v) is 3.24. The van der Waals surface area contributed by atoms with E-state index in [4.69, 9.17) is 16.3 Å². The van der Waals surface area contributed by atoms with E-state index in [1.807, 2.05) is 26.0 Å². The predicted molar refractivity (Wildman–Crippen MR) is 110 cm³/mol. The van der Waals surface area contributed by atoms with Crippen LogP contribution in [0.3, 0.4) is 0 Å². The highest BCUT2D eigenvalue weighted by molar-refractivity contribution is 14.0. The first-order valence-corrected chi connectivity index (χ1v) is 8.37. The number of hydrogen-bond acceptors (Lipinski definition) is 2. The van der Waals surface area contributed by atoms with Gasteiger partial charge in [-0.2, -0.15) is 0 Å². The molecule has 0 aliphatic carbocycles. The zero-order valence-corrected chi connectivity index (χ0v) is 17.4. The zero-order chi connectivity index (χ0) is 16.2. The topological polar surface area (TPSA) is 45.7 Å². The van der Waals surface area contributed by atoms with Gasteiger partial charge in [-0.15, -0.1) is 24.0 Å². The van der Waals surface area contributed by atoms with E-state index in [-0.39, 0.29) is 30.1 Å². The molecule has 0 spiro atoms. The van der Waals surface area contributed by atoms with Gasteiger partial charge in [-0.3, -0.25) is 4.99 Å². The van der Waals surface area contributed by atoms with Gasteiger partial charge in [0.1, 0.15) is 0 Å². The van der Waals surface area contributed by atoms with E-state index in [1.165, 1.54) is 5.56 Å². The van der Waals surface area contributed by atoms with Crippen LogP contribution in [0.2, 0.25) is 5.02 Å². The molecule has 1 aromatic carbocycles. The second-order valence-corrected chi connectivity index (χ2v) is 5.77. The molecule has 0 saturated heterocycles. The Morgan fingerprint density at radius 2 is 1.91 bits per heavy atom. The second-order valence-electron chi connectivity index (χ2n) is 5.34. The Morgan fingerprint density at radius 3 is 2.52 bits per heavy atom. The first kappa shape index (κ1) is 22.5. The van der Waals surface area contributed by atoms with Gasteiger partial charge in [0.15, 0.2) is 5.96 Å². The van der Waals surface area contributed by atoms with Crippen LogP contribution in [0.1, 0.15) is 32.8 Å². The summed E-state index contributed by atoms with van der Waals surface area (Å²) in [5, 5.41) is 7.38. The van der Waals surface area contributed by atoms with Crippen LogP contribution in [-0.4, -0.2) is 38.3 Å². The Hall–Kier alpha value is -0.530. The number of nitrogens with one attached hydrogen (secondary N) is 2. The van der Waals surface area contributed by atoms with Gasteiger partial charge in [-0.25, -0.2) is 0 Å². The van der Waals surface area contributed by atoms with Gasteiger partial charge >= 0.3 is 0 Å². The molecule has 0 saturated carbocycles. The molecule has 0 radical (unpaired) electrons. The summed E-state index contributed by atoms with van der Waals surface area (Å²) in [7, 11) is 0. The van der Waals surface area contributed by atoms with Crippen molar-refractivity contribution in [2.45, 2.75) is 39.7 Å². The molecule has 0 fully saturated rings. The number of halogens is 2. The molecule has 0 aromatic heterocycles. The number of ether oxygens (including phenoxy) is 1. The second kappa shape index (κ2) is 13.9. The van der Waals surface area contributed by atoms with E-state index >= 15 is 0 Å². The van der Waals surface area contributed by atoms with Crippen molar-refractivity contribution in [1.29, 1.82) is 0 Å². The van der Waals surface area contributed by atoms with Crippen LogP contribution in [0, 0.1) is 0 Å². The molecule has 0 aliphatic heterocycles. The Kier molecular flexibility index (Phi) is 13.5. The van der Waals surface area contributed by atoms with Gasteiger partial charge in [0, 0.05) is 31.3 Å². The summed E-state index contributed by atoms with van der Waals surface area (Å²) >= 11 is 5.88. The summed E-state index contributed by atoms with van der Waals surface area (Å²) in [6, 6.07) is 7.95. The largest absolute Gasteiger partial charge is 0.379 e. The van der Waals surface area contributed by atoms with Crippen molar-refractivity contribution in [1.82, 2.24) is 10.6 Å². The standard InChI is InChI=1S/C17H28ClN3O.HI/c1-4-19-17(20-11-5-13-22-14(2)3)21-12-10-15-6-8-16(18)9-7-15;/h6-9,14H,4-5,10-13H2,1-3H3,(H2,19,20,21);1H. The Labute approximate surface area is 162 Å². The molecule has 0 amide bonds. The van der Waals surface area contributed by atoms with Crippen molar-refractivity contribution < 1.29 is 4.74 Å². The predicted octanol–water partition coefficient (Wildman–Crippen LogP) is 3.87. The first-order chi connectivity index (χ1) is 10.6. The van der Waals surface area contributed by atoms with Crippen LogP contribution in [0.25, 0.3) is 0 Å². The minimum Gasteiger partial charge on any atom is -0.379 e. The number of rotatable bonds is 9. The van der Waals surface area contributed by atoms with Gasteiger partial charge in [0.2, 0.25) is 0 Å².